The van der Waals surface area contributed by atoms with Crippen LogP contribution in [0.1, 0.15) is 33.6 Å². The van der Waals surface area contributed by atoms with E-state index >= 15 is 0 Å². The molecule has 0 aliphatic carbocycles. The number of amides is 2. The van der Waals surface area contributed by atoms with Crippen LogP contribution in [-0.4, -0.2) is 47.4 Å². The summed E-state index contributed by atoms with van der Waals surface area (Å²) in [4.78, 5) is 31.0. The summed E-state index contributed by atoms with van der Waals surface area (Å²) < 4.78 is 20.1. The maximum absolute atomic E-state index is 14.4. The van der Waals surface area contributed by atoms with E-state index in [-0.39, 0.29) is 30.7 Å². The zero-order valence-electron chi connectivity index (χ0n) is 18.4. The fourth-order valence-corrected chi connectivity index (χ4v) is 4.67. The van der Waals surface area contributed by atoms with Crippen molar-refractivity contribution >= 4 is 23.2 Å². The van der Waals surface area contributed by atoms with E-state index in [1.54, 1.807) is 28.4 Å². The molecule has 1 fully saturated rings. The Bertz CT molecular complexity index is 1050. The first kappa shape index (κ1) is 23.1. The number of halogens is 1. The highest BCUT2D eigenvalue weighted by Gasteiger charge is 2.28. The van der Waals surface area contributed by atoms with Crippen molar-refractivity contribution in [2.45, 2.75) is 32.0 Å². The molecule has 0 saturated carbocycles. The van der Waals surface area contributed by atoms with Gasteiger partial charge in [0.25, 0.3) is 5.91 Å². The topological polar surface area (TPSA) is 49.9 Å². The van der Waals surface area contributed by atoms with Crippen molar-refractivity contribution in [1.82, 2.24) is 9.80 Å². The van der Waals surface area contributed by atoms with E-state index < -0.39 is 11.7 Å². The molecule has 172 valence electrons. The van der Waals surface area contributed by atoms with Crippen LogP contribution >= 0.6 is 11.3 Å². The minimum Gasteiger partial charge on any atom is -0.376 e. The SMILES string of the molecule is O=C(CN(CC1CCCO1)C(=O)c1ccccc1F)N(Cc1ccccc1)Cc1cccs1. The number of nitrogens with zero attached hydrogens (tertiary/aromatic N) is 2. The third-order valence-corrected chi connectivity index (χ3v) is 6.52. The van der Waals surface area contributed by atoms with Crippen LogP contribution in [0.3, 0.4) is 0 Å². The summed E-state index contributed by atoms with van der Waals surface area (Å²) in [6, 6.07) is 19.6. The Morgan fingerprint density at radius 1 is 0.970 bits per heavy atom. The van der Waals surface area contributed by atoms with Gasteiger partial charge in [0.2, 0.25) is 5.91 Å². The molecule has 3 aromatic rings. The number of hydrogen-bond acceptors (Lipinski definition) is 4. The van der Waals surface area contributed by atoms with Crippen LogP contribution in [-0.2, 0) is 22.6 Å². The molecule has 33 heavy (non-hydrogen) atoms. The Balaban J connectivity index is 1.55. The van der Waals surface area contributed by atoms with E-state index in [1.807, 2.05) is 47.8 Å². The van der Waals surface area contributed by atoms with Crippen LogP contribution in [0.15, 0.2) is 72.1 Å². The highest BCUT2D eigenvalue weighted by molar-refractivity contribution is 7.09. The van der Waals surface area contributed by atoms with Crippen molar-refractivity contribution in [3.63, 3.8) is 0 Å². The molecule has 2 heterocycles. The minimum absolute atomic E-state index is 0.0313. The Kier molecular flexibility index (Phi) is 7.86. The predicted octanol–water partition coefficient (Wildman–Crippen LogP) is 4.74. The first-order chi connectivity index (χ1) is 16.1. The molecular formula is C26H27FN2O3S. The molecule has 1 saturated heterocycles. The van der Waals surface area contributed by atoms with Crippen molar-refractivity contribution in [2.24, 2.45) is 0 Å². The van der Waals surface area contributed by atoms with E-state index in [0.29, 0.717) is 19.7 Å². The summed E-state index contributed by atoms with van der Waals surface area (Å²) in [5, 5.41) is 1.98. The minimum atomic E-state index is -0.591. The van der Waals surface area contributed by atoms with Crippen LogP contribution < -0.4 is 0 Å². The van der Waals surface area contributed by atoms with E-state index in [9.17, 15) is 14.0 Å². The van der Waals surface area contributed by atoms with Gasteiger partial charge >= 0.3 is 0 Å². The van der Waals surface area contributed by atoms with Gasteiger partial charge < -0.3 is 14.5 Å². The fourth-order valence-electron chi connectivity index (χ4n) is 3.95. The van der Waals surface area contributed by atoms with Crippen LogP contribution in [0, 0.1) is 5.82 Å². The van der Waals surface area contributed by atoms with E-state index in [0.717, 1.165) is 23.3 Å². The van der Waals surface area contributed by atoms with Crippen LogP contribution in [0.4, 0.5) is 4.39 Å². The largest absolute Gasteiger partial charge is 0.376 e. The smallest absolute Gasteiger partial charge is 0.257 e. The van der Waals surface area contributed by atoms with Crippen LogP contribution in [0.25, 0.3) is 0 Å². The molecule has 1 atom stereocenters. The Hall–Kier alpha value is -3.03. The number of carbonyl (C=O) groups is 2. The monoisotopic (exact) mass is 466 g/mol. The maximum atomic E-state index is 14.4. The second-order valence-corrected chi connectivity index (χ2v) is 9.15. The van der Waals surface area contributed by atoms with Crippen molar-refractivity contribution in [3.05, 3.63) is 93.9 Å². The average Bonchev–Trinajstić information content (AvgIpc) is 3.53. The molecule has 1 aromatic heterocycles. The van der Waals surface area contributed by atoms with Crippen LogP contribution in [0.5, 0.6) is 0 Å². The van der Waals surface area contributed by atoms with E-state index in [2.05, 4.69) is 0 Å². The second kappa shape index (κ2) is 11.2. The average molecular weight is 467 g/mol. The van der Waals surface area contributed by atoms with Crippen molar-refractivity contribution in [3.8, 4) is 0 Å². The molecule has 2 aromatic carbocycles. The third kappa shape index (κ3) is 6.27. The summed E-state index contributed by atoms with van der Waals surface area (Å²) in [7, 11) is 0. The van der Waals surface area contributed by atoms with E-state index in [1.165, 1.54) is 17.0 Å². The Morgan fingerprint density at radius 3 is 2.45 bits per heavy atom. The Labute approximate surface area is 197 Å². The highest BCUT2D eigenvalue weighted by Crippen LogP contribution is 2.19. The molecule has 0 spiro atoms. The molecule has 2 amide bonds. The summed E-state index contributed by atoms with van der Waals surface area (Å²) >= 11 is 1.59. The van der Waals surface area contributed by atoms with Gasteiger partial charge in [-0.1, -0.05) is 48.5 Å². The van der Waals surface area contributed by atoms with Gasteiger partial charge in [-0.15, -0.1) is 11.3 Å². The summed E-state index contributed by atoms with van der Waals surface area (Å²) in [6.07, 6.45) is 1.59. The summed E-state index contributed by atoms with van der Waals surface area (Å²) in [6.45, 7) is 1.65. The van der Waals surface area contributed by atoms with Gasteiger partial charge in [-0.2, -0.15) is 0 Å². The van der Waals surface area contributed by atoms with Crippen molar-refractivity contribution in [2.75, 3.05) is 19.7 Å². The quantitative estimate of drug-likeness (QED) is 0.458. The number of benzene rings is 2. The lowest BCUT2D eigenvalue weighted by atomic mass is 10.1. The molecule has 1 aliphatic rings. The predicted molar refractivity (Wildman–Crippen MR) is 126 cm³/mol. The van der Waals surface area contributed by atoms with Gasteiger partial charge in [0.05, 0.1) is 18.2 Å². The number of hydrogen-bond donors (Lipinski definition) is 0. The first-order valence-corrected chi connectivity index (χ1v) is 12.0. The van der Waals surface area contributed by atoms with Gasteiger partial charge in [-0.3, -0.25) is 9.59 Å². The maximum Gasteiger partial charge on any atom is 0.257 e. The molecule has 4 rings (SSSR count). The van der Waals surface area contributed by atoms with Crippen molar-refractivity contribution in [1.29, 1.82) is 0 Å². The number of rotatable bonds is 9. The molecule has 0 N–H and O–H groups in total. The highest BCUT2D eigenvalue weighted by atomic mass is 32.1. The van der Waals surface area contributed by atoms with Gasteiger partial charge in [0.1, 0.15) is 12.4 Å². The zero-order valence-corrected chi connectivity index (χ0v) is 19.2. The summed E-state index contributed by atoms with van der Waals surface area (Å²) in [5.74, 6) is -1.27. The number of thiophene rings is 1. The van der Waals surface area contributed by atoms with Crippen LogP contribution in [0.2, 0.25) is 0 Å². The number of carbonyl (C=O) groups excluding carboxylic acids is 2. The molecule has 1 unspecified atom stereocenters. The lowest BCUT2D eigenvalue weighted by Crippen LogP contribution is -2.45. The van der Waals surface area contributed by atoms with Gasteiger partial charge in [0, 0.05) is 24.6 Å². The van der Waals surface area contributed by atoms with Gasteiger partial charge in [-0.25, -0.2) is 4.39 Å². The van der Waals surface area contributed by atoms with Gasteiger partial charge in [0.15, 0.2) is 0 Å². The zero-order chi connectivity index (χ0) is 23.0. The van der Waals surface area contributed by atoms with Gasteiger partial charge in [-0.05, 0) is 42.0 Å². The lowest BCUT2D eigenvalue weighted by Gasteiger charge is -2.29. The molecule has 7 heteroatoms. The summed E-state index contributed by atoms with van der Waals surface area (Å²) in [5.41, 5.74) is 0.977. The number of ether oxygens (including phenoxy) is 1. The fraction of sp³-hybridized carbons (Fsp3) is 0.308. The lowest BCUT2D eigenvalue weighted by molar-refractivity contribution is -0.133. The van der Waals surface area contributed by atoms with Crippen molar-refractivity contribution < 1.29 is 18.7 Å². The normalized spacial score (nSPS) is 15.4. The first-order valence-electron chi connectivity index (χ1n) is 11.1. The second-order valence-electron chi connectivity index (χ2n) is 8.12. The molecule has 0 bridgehead atoms. The standard InChI is InChI=1S/C26H27FN2O3S/c27-24-13-5-4-12-23(24)26(31)29(17-21-10-6-14-32-21)19-25(30)28(18-22-11-7-15-33-22)16-20-8-2-1-3-9-20/h1-5,7-9,11-13,15,21H,6,10,14,16-19H2. The molecule has 0 radical (unpaired) electrons. The Morgan fingerprint density at radius 2 is 1.76 bits per heavy atom. The molecular weight excluding hydrogens is 439 g/mol. The van der Waals surface area contributed by atoms with E-state index in [4.69, 9.17) is 4.74 Å². The molecule has 1 aliphatic heterocycles. The molecule has 5 nitrogen and oxygen atoms in total. The third-order valence-electron chi connectivity index (χ3n) is 5.66.